The molecule has 2 rings (SSSR count). The molecule has 2 aromatic rings. The van der Waals surface area contributed by atoms with E-state index in [-0.39, 0.29) is 5.69 Å². The van der Waals surface area contributed by atoms with Crippen molar-refractivity contribution in [1.29, 1.82) is 0 Å². The molecule has 0 atom stereocenters. The first-order chi connectivity index (χ1) is 10.1. The van der Waals surface area contributed by atoms with Crippen LogP contribution in [0.1, 0.15) is 23.8 Å². The summed E-state index contributed by atoms with van der Waals surface area (Å²) in [5.74, 6) is -0.00208. The van der Waals surface area contributed by atoms with E-state index < -0.39 is 18.9 Å². The highest BCUT2D eigenvalue weighted by Crippen LogP contribution is 2.22. The molecule has 0 fully saturated rings. The lowest BCUT2D eigenvalue weighted by Gasteiger charge is -2.11. The van der Waals surface area contributed by atoms with E-state index in [2.05, 4.69) is 15.6 Å². The largest absolute Gasteiger partial charge is 0.370 e. The Hall–Kier alpha value is -2.24. The number of carbonyl (C=O) groups excluding carboxylic acids is 1. The van der Waals surface area contributed by atoms with E-state index in [1.807, 2.05) is 31.2 Å². The maximum absolute atomic E-state index is 12.2. The third-order valence-electron chi connectivity index (χ3n) is 2.93. The maximum Gasteiger partial charge on any atom is 0.270 e. The first kappa shape index (κ1) is 15.2. The standard InChI is InChI=1S/C15H17F2N3O/c1-2-7-18-14-11-6-4-3-5-10(11)8-12(20-14)15(21)19-9-13(16)17/h3-6,8,13H,2,7,9H2,1H3,(H,18,20)(H,19,21). The van der Waals surface area contributed by atoms with E-state index in [1.165, 1.54) is 0 Å². The van der Waals surface area contributed by atoms with Gasteiger partial charge in [-0.25, -0.2) is 13.8 Å². The normalized spacial score (nSPS) is 10.9. The lowest BCUT2D eigenvalue weighted by atomic mass is 10.1. The molecule has 1 aromatic heterocycles. The minimum atomic E-state index is -2.58. The lowest BCUT2D eigenvalue weighted by Crippen LogP contribution is -2.29. The summed E-state index contributed by atoms with van der Waals surface area (Å²) in [6, 6.07) is 9.11. The number of anilines is 1. The third kappa shape index (κ3) is 3.87. The smallest absolute Gasteiger partial charge is 0.270 e. The molecule has 6 heteroatoms. The van der Waals surface area contributed by atoms with Crippen molar-refractivity contribution in [2.24, 2.45) is 0 Å². The van der Waals surface area contributed by atoms with Crippen molar-refractivity contribution in [2.75, 3.05) is 18.4 Å². The second kappa shape index (κ2) is 6.97. The number of nitrogens with zero attached hydrogens (tertiary/aromatic N) is 1. The average molecular weight is 293 g/mol. The Labute approximate surface area is 121 Å². The van der Waals surface area contributed by atoms with Crippen molar-refractivity contribution >= 4 is 22.5 Å². The molecule has 0 aliphatic heterocycles. The fourth-order valence-electron chi connectivity index (χ4n) is 1.95. The summed E-state index contributed by atoms with van der Waals surface area (Å²) in [6.07, 6.45) is -1.66. The zero-order valence-electron chi connectivity index (χ0n) is 11.7. The number of amides is 1. The quantitative estimate of drug-likeness (QED) is 0.860. The molecule has 0 aliphatic rings. The minimum absolute atomic E-state index is 0.132. The maximum atomic E-state index is 12.2. The highest BCUT2D eigenvalue weighted by Gasteiger charge is 2.13. The minimum Gasteiger partial charge on any atom is -0.370 e. The first-order valence-electron chi connectivity index (χ1n) is 6.81. The van der Waals surface area contributed by atoms with Gasteiger partial charge in [0, 0.05) is 11.9 Å². The van der Waals surface area contributed by atoms with Gasteiger partial charge in [-0.1, -0.05) is 31.2 Å². The number of halogens is 2. The van der Waals surface area contributed by atoms with Crippen molar-refractivity contribution in [1.82, 2.24) is 10.3 Å². The van der Waals surface area contributed by atoms with E-state index >= 15 is 0 Å². The number of carbonyl (C=O) groups is 1. The molecule has 4 nitrogen and oxygen atoms in total. The number of rotatable bonds is 6. The molecule has 112 valence electrons. The highest BCUT2D eigenvalue weighted by molar-refractivity contribution is 6.00. The zero-order chi connectivity index (χ0) is 15.2. The van der Waals surface area contributed by atoms with Gasteiger partial charge in [0.1, 0.15) is 11.5 Å². The number of hydrogen-bond donors (Lipinski definition) is 2. The summed E-state index contributed by atoms with van der Waals surface area (Å²) in [5, 5.41) is 7.07. The lowest BCUT2D eigenvalue weighted by molar-refractivity contribution is 0.0887. The number of pyridine rings is 1. The van der Waals surface area contributed by atoms with Crippen molar-refractivity contribution < 1.29 is 13.6 Å². The SMILES string of the molecule is CCCNc1nc(C(=O)NCC(F)F)cc2ccccc12. The molecule has 1 heterocycles. The summed E-state index contributed by atoms with van der Waals surface area (Å²) in [5.41, 5.74) is 0.132. The van der Waals surface area contributed by atoms with Crippen LogP contribution in [-0.4, -0.2) is 30.4 Å². The average Bonchev–Trinajstić information content (AvgIpc) is 2.49. The Kier molecular flexibility index (Phi) is 5.03. The van der Waals surface area contributed by atoms with Crippen LogP contribution in [0.15, 0.2) is 30.3 Å². The summed E-state index contributed by atoms with van der Waals surface area (Å²) in [7, 11) is 0. The fraction of sp³-hybridized carbons (Fsp3) is 0.333. The molecule has 0 radical (unpaired) electrons. The Bertz CT molecular complexity index is 631. The number of fused-ring (bicyclic) bond motifs is 1. The van der Waals surface area contributed by atoms with Gasteiger partial charge in [0.15, 0.2) is 0 Å². The zero-order valence-corrected chi connectivity index (χ0v) is 11.7. The molecular weight excluding hydrogens is 276 g/mol. The van der Waals surface area contributed by atoms with E-state index in [0.717, 1.165) is 23.7 Å². The molecular formula is C15H17F2N3O. The van der Waals surface area contributed by atoms with Gasteiger partial charge in [-0.05, 0) is 17.9 Å². The topological polar surface area (TPSA) is 54.0 Å². The van der Waals surface area contributed by atoms with Gasteiger partial charge in [0.05, 0.1) is 6.54 Å². The molecule has 0 saturated carbocycles. The second-order valence-electron chi connectivity index (χ2n) is 4.61. The van der Waals surface area contributed by atoms with Crippen molar-refractivity contribution in [3.05, 3.63) is 36.0 Å². The third-order valence-corrected chi connectivity index (χ3v) is 2.93. The van der Waals surface area contributed by atoms with E-state index in [0.29, 0.717) is 5.82 Å². The molecule has 1 amide bonds. The van der Waals surface area contributed by atoms with Gasteiger partial charge < -0.3 is 10.6 Å². The fourth-order valence-corrected chi connectivity index (χ4v) is 1.95. The van der Waals surface area contributed by atoms with Gasteiger partial charge in [-0.3, -0.25) is 4.79 Å². The van der Waals surface area contributed by atoms with Crippen molar-refractivity contribution in [3.63, 3.8) is 0 Å². The van der Waals surface area contributed by atoms with Crippen LogP contribution in [0.5, 0.6) is 0 Å². The van der Waals surface area contributed by atoms with Gasteiger partial charge >= 0.3 is 0 Å². The highest BCUT2D eigenvalue weighted by atomic mass is 19.3. The van der Waals surface area contributed by atoms with Gasteiger partial charge in [-0.2, -0.15) is 0 Å². The summed E-state index contributed by atoms with van der Waals surface area (Å²) < 4.78 is 24.3. The van der Waals surface area contributed by atoms with Crippen LogP contribution in [0.25, 0.3) is 10.8 Å². The van der Waals surface area contributed by atoms with E-state index in [4.69, 9.17) is 0 Å². The van der Waals surface area contributed by atoms with Crippen molar-refractivity contribution in [2.45, 2.75) is 19.8 Å². The van der Waals surface area contributed by atoms with Gasteiger partial charge in [0.25, 0.3) is 12.3 Å². The molecule has 2 N–H and O–H groups in total. The molecule has 1 aromatic carbocycles. The van der Waals surface area contributed by atoms with Crippen LogP contribution < -0.4 is 10.6 Å². The van der Waals surface area contributed by atoms with Crippen LogP contribution >= 0.6 is 0 Å². The van der Waals surface area contributed by atoms with E-state index in [9.17, 15) is 13.6 Å². The van der Waals surface area contributed by atoms with Gasteiger partial charge in [0.2, 0.25) is 0 Å². The van der Waals surface area contributed by atoms with Crippen LogP contribution in [0.3, 0.4) is 0 Å². The molecule has 0 aliphatic carbocycles. The Balaban J connectivity index is 2.33. The second-order valence-corrected chi connectivity index (χ2v) is 4.61. The Morgan fingerprint density at radius 2 is 2.10 bits per heavy atom. The summed E-state index contributed by atoms with van der Waals surface area (Å²) in [6.45, 7) is 2.07. The van der Waals surface area contributed by atoms with Crippen LogP contribution in [0, 0.1) is 0 Å². The monoisotopic (exact) mass is 293 g/mol. The number of hydrogen-bond acceptors (Lipinski definition) is 3. The van der Waals surface area contributed by atoms with Crippen LogP contribution in [-0.2, 0) is 0 Å². The number of benzene rings is 1. The Morgan fingerprint density at radius 1 is 1.33 bits per heavy atom. The molecule has 0 unspecified atom stereocenters. The number of nitrogens with one attached hydrogen (secondary N) is 2. The Morgan fingerprint density at radius 3 is 2.81 bits per heavy atom. The number of aromatic nitrogens is 1. The van der Waals surface area contributed by atoms with E-state index in [1.54, 1.807) is 6.07 Å². The van der Waals surface area contributed by atoms with Crippen molar-refractivity contribution in [3.8, 4) is 0 Å². The molecule has 0 spiro atoms. The predicted molar refractivity (Wildman–Crippen MR) is 78.9 cm³/mol. The summed E-state index contributed by atoms with van der Waals surface area (Å²) in [4.78, 5) is 16.1. The summed E-state index contributed by atoms with van der Waals surface area (Å²) >= 11 is 0. The molecule has 21 heavy (non-hydrogen) atoms. The van der Waals surface area contributed by atoms with Crippen LogP contribution in [0.2, 0.25) is 0 Å². The molecule has 0 bridgehead atoms. The van der Waals surface area contributed by atoms with Gasteiger partial charge in [-0.15, -0.1) is 0 Å². The first-order valence-corrected chi connectivity index (χ1v) is 6.81. The number of alkyl halides is 2. The predicted octanol–water partition coefficient (Wildman–Crippen LogP) is 3.05. The molecule has 0 saturated heterocycles. The van der Waals surface area contributed by atoms with Crippen LogP contribution in [0.4, 0.5) is 14.6 Å².